The third kappa shape index (κ3) is 2.44. The van der Waals surface area contributed by atoms with Crippen LogP contribution in [0.15, 0.2) is 33.8 Å². The lowest BCUT2D eigenvalue weighted by Gasteiger charge is -2.50. The lowest BCUT2D eigenvalue weighted by molar-refractivity contribution is 0.0942. The molecule has 5 rings (SSSR count). The first kappa shape index (κ1) is 13.5. The fourth-order valence-corrected chi connectivity index (χ4v) is 5.14. The van der Waals surface area contributed by atoms with E-state index in [9.17, 15) is 4.79 Å². The molecule has 1 aromatic carbocycles. The van der Waals surface area contributed by atoms with Crippen molar-refractivity contribution in [2.45, 2.75) is 32.1 Å². The number of halogens is 1. The molecule has 4 heteroatoms. The molecule has 4 saturated carbocycles. The molecule has 1 aromatic rings. The van der Waals surface area contributed by atoms with E-state index in [1.54, 1.807) is 0 Å². The number of nitrogens with one attached hydrogen (secondary N) is 1. The van der Waals surface area contributed by atoms with E-state index in [1.165, 1.54) is 37.8 Å². The standard InChI is InChI=1S/C17H19BrN2O/c18-15-4-2-1-3-14(15)17(21)20-19-16-12-6-10-5-11(8-12)9-13(16)7-10/h1-4,10-13H,5-9H2,(H,20,21). The van der Waals surface area contributed by atoms with Gasteiger partial charge in [-0.15, -0.1) is 0 Å². The van der Waals surface area contributed by atoms with E-state index in [-0.39, 0.29) is 5.91 Å². The van der Waals surface area contributed by atoms with Crippen molar-refractivity contribution in [2.24, 2.45) is 28.8 Å². The minimum Gasteiger partial charge on any atom is -0.267 e. The zero-order valence-corrected chi connectivity index (χ0v) is 13.5. The summed E-state index contributed by atoms with van der Waals surface area (Å²) in [6, 6.07) is 7.47. The summed E-state index contributed by atoms with van der Waals surface area (Å²) in [6.45, 7) is 0. The minimum absolute atomic E-state index is 0.121. The van der Waals surface area contributed by atoms with Gasteiger partial charge in [0.1, 0.15) is 0 Å². The van der Waals surface area contributed by atoms with Gasteiger partial charge in [-0.1, -0.05) is 12.1 Å². The van der Waals surface area contributed by atoms with Crippen molar-refractivity contribution in [3.05, 3.63) is 34.3 Å². The number of nitrogens with zero attached hydrogens (tertiary/aromatic N) is 1. The Morgan fingerprint density at radius 3 is 2.29 bits per heavy atom. The summed E-state index contributed by atoms with van der Waals surface area (Å²) in [5, 5.41) is 4.54. The zero-order valence-electron chi connectivity index (χ0n) is 11.9. The van der Waals surface area contributed by atoms with Crippen molar-refractivity contribution in [1.82, 2.24) is 5.43 Å². The van der Waals surface area contributed by atoms with Crippen molar-refractivity contribution in [1.29, 1.82) is 0 Å². The first-order valence-corrected chi connectivity index (χ1v) is 8.62. The molecule has 0 aliphatic heterocycles. The predicted molar refractivity (Wildman–Crippen MR) is 86.1 cm³/mol. The summed E-state index contributed by atoms with van der Waals surface area (Å²) in [5.74, 6) is 2.97. The number of carbonyl (C=O) groups is 1. The average Bonchev–Trinajstić information content (AvgIpc) is 2.46. The van der Waals surface area contributed by atoms with Crippen LogP contribution in [0.2, 0.25) is 0 Å². The minimum atomic E-state index is -0.121. The highest BCUT2D eigenvalue weighted by atomic mass is 79.9. The van der Waals surface area contributed by atoms with E-state index in [0.717, 1.165) is 16.3 Å². The van der Waals surface area contributed by atoms with Gasteiger partial charge in [-0.05, 0) is 83.8 Å². The fourth-order valence-electron chi connectivity index (χ4n) is 4.67. The molecule has 4 fully saturated rings. The maximum absolute atomic E-state index is 12.3. The largest absolute Gasteiger partial charge is 0.272 e. The Morgan fingerprint density at radius 2 is 1.67 bits per heavy atom. The number of hydrazone groups is 1. The average molecular weight is 347 g/mol. The van der Waals surface area contributed by atoms with Crippen LogP contribution in [0.25, 0.3) is 0 Å². The quantitative estimate of drug-likeness (QED) is 0.808. The van der Waals surface area contributed by atoms with Crippen LogP contribution in [-0.4, -0.2) is 11.6 Å². The SMILES string of the molecule is O=C(NN=C1C2CC3CC(C2)CC1C3)c1ccccc1Br. The van der Waals surface area contributed by atoms with E-state index >= 15 is 0 Å². The Bertz CT molecular complexity index is 581. The Balaban J connectivity index is 1.51. The van der Waals surface area contributed by atoms with Crippen LogP contribution in [0.4, 0.5) is 0 Å². The highest BCUT2D eigenvalue weighted by Gasteiger charge is 2.46. The van der Waals surface area contributed by atoms with Crippen LogP contribution < -0.4 is 5.43 Å². The number of benzene rings is 1. The molecular formula is C17H19BrN2O. The number of amides is 1. The predicted octanol–water partition coefficient (Wildman–Crippen LogP) is 3.99. The smallest absolute Gasteiger partial charge is 0.267 e. The number of hydrogen-bond acceptors (Lipinski definition) is 2. The normalized spacial score (nSPS) is 33.1. The van der Waals surface area contributed by atoms with Crippen molar-refractivity contribution >= 4 is 27.5 Å². The van der Waals surface area contributed by atoms with E-state index in [2.05, 4.69) is 26.5 Å². The third-order valence-electron chi connectivity index (χ3n) is 5.38. The van der Waals surface area contributed by atoms with Gasteiger partial charge in [0.2, 0.25) is 0 Å². The molecule has 4 bridgehead atoms. The van der Waals surface area contributed by atoms with Gasteiger partial charge >= 0.3 is 0 Å². The van der Waals surface area contributed by atoms with Gasteiger partial charge in [0.05, 0.1) is 5.56 Å². The fraction of sp³-hybridized carbons (Fsp3) is 0.529. The molecule has 0 spiro atoms. The lowest BCUT2D eigenvalue weighted by Crippen LogP contribution is -2.46. The maximum Gasteiger partial charge on any atom is 0.272 e. The molecule has 3 nitrogen and oxygen atoms in total. The number of carbonyl (C=O) groups excluding carboxylic acids is 1. The molecule has 0 atom stereocenters. The van der Waals surface area contributed by atoms with Crippen LogP contribution in [0.3, 0.4) is 0 Å². The van der Waals surface area contributed by atoms with Gasteiger partial charge in [-0.3, -0.25) is 4.79 Å². The van der Waals surface area contributed by atoms with Crippen molar-refractivity contribution in [2.75, 3.05) is 0 Å². The topological polar surface area (TPSA) is 41.5 Å². The van der Waals surface area contributed by atoms with Gasteiger partial charge < -0.3 is 0 Å². The number of hydrogen-bond donors (Lipinski definition) is 1. The van der Waals surface area contributed by atoms with E-state index < -0.39 is 0 Å². The Kier molecular flexibility index (Phi) is 3.37. The molecule has 0 aromatic heterocycles. The second kappa shape index (κ2) is 5.24. The molecule has 1 N–H and O–H groups in total. The molecule has 4 aliphatic carbocycles. The molecule has 0 unspecified atom stereocenters. The highest BCUT2D eigenvalue weighted by molar-refractivity contribution is 9.10. The molecule has 1 amide bonds. The second-order valence-electron chi connectivity index (χ2n) is 6.76. The summed E-state index contributed by atoms with van der Waals surface area (Å²) in [7, 11) is 0. The Labute approximate surface area is 133 Å². The Hall–Kier alpha value is -1.16. The maximum atomic E-state index is 12.3. The van der Waals surface area contributed by atoms with Crippen LogP contribution >= 0.6 is 15.9 Å². The first-order chi connectivity index (χ1) is 10.2. The molecule has 0 radical (unpaired) electrons. The lowest BCUT2D eigenvalue weighted by atomic mass is 9.55. The first-order valence-electron chi connectivity index (χ1n) is 7.83. The highest BCUT2D eigenvalue weighted by Crippen LogP contribution is 2.52. The Morgan fingerprint density at radius 1 is 1.05 bits per heavy atom. The molecule has 0 heterocycles. The van der Waals surface area contributed by atoms with E-state index in [4.69, 9.17) is 0 Å². The summed E-state index contributed by atoms with van der Waals surface area (Å²) >= 11 is 3.42. The molecule has 110 valence electrons. The molecular weight excluding hydrogens is 328 g/mol. The monoisotopic (exact) mass is 346 g/mol. The van der Waals surface area contributed by atoms with Gasteiger partial charge in [0, 0.05) is 10.2 Å². The van der Waals surface area contributed by atoms with Crippen LogP contribution in [0.5, 0.6) is 0 Å². The van der Waals surface area contributed by atoms with Crippen molar-refractivity contribution in [3.63, 3.8) is 0 Å². The summed E-state index contributed by atoms with van der Waals surface area (Å²) in [6.07, 6.45) is 6.59. The zero-order chi connectivity index (χ0) is 14.4. The van der Waals surface area contributed by atoms with Crippen LogP contribution in [-0.2, 0) is 0 Å². The van der Waals surface area contributed by atoms with Gasteiger partial charge in [-0.2, -0.15) is 5.10 Å². The van der Waals surface area contributed by atoms with Crippen molar-refractivity contribution < 1.29 is 4.79 Å². The summed E-state index contributed by atoms with van der Waals surface area (Å²) < 4.78 is 0.813. The summed E-state index contributed by atoms with van der Waals surface area (Å²) in [5.41, 5.74) is 4.70. The van der Waals surface area contributed by atoms with Crippen LogP contribution in [0.1, 0.15) is 42.5 Å². The third-order valence-corrected chi connectivity index (χ3v) is 6.07. The van der Waals surface area contributed by atoms with Crippen LogP contribution in [0, 0.1) is 23.7 Å². The summed E-state index contributed by atoms with van der Waals surface area (Å²) in [4.78, 5) is 12.3. The van der Waals surface area contributed by atoms with Gasteiger partial charge in [0.15, 0.2) is 0 Å². The van der Waals surface area contributed by atoms with Crippen molar-refractivity contribution in [3.8, 4) is 0 Å². The molecule has 21 heavy (non-hydrogen) atoms. The number of rotatable bonds is 2. The van der Waals surface area contributed by atoms with E-state index in [1.807, 2.05) is 24.3 Å². The second-order valence-corrected chi connectivity index (χ2v) is 7.62. The van der Waals surface area contributed by atoms with E-state index in [0.29, 0.717) is 17.4 Å². The van der Waals surface area contributed by atoms with Gasteiger partial charge in [0.25, 0.3) is 5.91 Å². The van der Waals surface area contributed by atoms with Gasteiger partial charge in [-0.25, -0.2) is 5.43 Å². The molecule has 4 aliphatic rings. The molecule has 0 saturated heterocycles.